The van der Waals surface area contributed by atoms with Crippen molar-refractivity contribution >= 4 is 12.1 Å². The predicted octanol–water partition coefficient (Wildman–Crippen LogP) is 1.56. The minimum atomic E-state index is -0.443. The van der Waals surface area contributed by atoms with E-state index < -0.39 is 5.60 Å². The molecule has 116 valence electrons. The van der Waals surface area contributed by atoms with Gasteiger partial charge in [0.25, 0.3) is 0 Å². The van der Waals surface area contributed by atoms with Crippen molar-refractivity contribution in [1.82, 2.24) is 10.2 Å². The molecule has 1 saturated heterocycles. The fourth-order valence-corrected chi connectivity index (χ4v) is 2.01. The fraction of sp³-hybridized carbons (Fsp3) is 0.857. The SMILES string of the molecule is CCCNC(N)=NCC1CCN(C(=O)OC(C)(C)C)C1. The normalized spacial score (nSPS) is 20.1. The lowest BCUT2D eigenvalue weighted by Crippen LogP contribution is -2.35. The first-order valence-corrected chi connectivity index (χ1v) is 7.33. The number of amides is 1. The number of carbonyl (C=O) groups is 1. The third-order valence-corrected chi connectivity index (χ3v) is 3.01. The number of nitrogens with zero attached hydrogens (tertiary/aromatic N) is 2. The first kappa shape index (κ1) is 16.6. The minimum absolute atomic E-state index is 0.235. The second kappa shape index (κ2) is 7.36. The lowest BCUT2D eigenvalue weighted by atomic mass is 10.1. The third kappa shape index (κ3) is 6.12. The highest BCUT2D eigenvalue weighted by atomic mass is 16.6. The first-order chi connectivity index (χ1) is 9.31. The highest BCUT2D eigenvalue weighted by Crippen LogP contribution is 2.19. The van der Waals surface area contributed by atoms with Crippen molar-refractivity contribution in [2.45, 2.75) is 46.1 Å². The molecule has 0 aromatic carbocycles. The summed E-state index contributed by atoms with van der Waals surface area (Å²) in [7, 11) is 0. The summed E-state index contributed by atoms with van der Waals surface area (Å²) < 4.78 is 5.36. The van der Waals surface area contributed by atoms with Crippen LogP contribution in [0.5, 0.6) is 0 Å². The molecule has 1 rings (SSSR count). The van der Waals surface area contributed by atoms with Crippen LogP contribution in [0, 0.1) is 5.92 Å². The molecule has 3 N–H and O–H groups in total. The number of nitrogens with one attached hydrogen (secondary N) is 1. The van der Waals surface area contributed by atoms with Crippen LogP contribution in [0.2, 0.25) is 0 Å². The molecule has 6 heteroatoms. The third-order valence-electron chi connectivity index (χ3n) is 3.01. The van der Waals surface area contributed by atoms with E-state index in [1.54, 1.807) is 4.90 Å². The maximum Gasteiger partial charge on any atom is 0.410 e. The number of aliphatic imine (C=N–C) groups is 1. The van der Waals surface area contributed by atoms with Crippen LogP contribution in [0.3, 0.4) is 0 Å². The summed E-state index contributed by atoms with van der Waals surface area (Å²) in [6.45, 7) is 10.6. The van der Waals surface area contributed by atoms with Crippen LogP contribution < -0.4 is 11.1 Å². The van der Waals surface area contributed by atoms with E-state index in [1.165, 1.54) is 0 Å². The van der Waals surface area contributed by atoms with Gasteiger partial charge in [0, 0.05) is 26.2 Å². The van der Waals surface area contributed by atoms with E-state index >= 15 is 0 Å². The standard InChI is InChI=1S/C14H28N4O2/c1-5-7-16-12(15)17-9-11-6-8-18(10-11)13(19)20-14(2,3)4/h11H,5-10H2,1-4H3,(H3,15,16,17). The summed E-state index contributed by atoms with van der Waals surface area (Å²) in [6, 6.07) is 0. The Kier molecular flexibility index (Phi) is 6.10. The van der Waals surface area contributed by atoms with Gasteiger partial charge >= 0.3 is 6.09 Å². The highest BCUT2D eigenvalue weighted by molar-refractivity contribution is 5.77. The van der Waals surface area contributed by atoms with Gasteiger partial charge in [-0.1, -0.05) is 6.92 Å². The van der Waals surface area contributed by atoms with E-state index in [1.807, 2.05) is 20.8 Å². The van der Waals surface area contributed by atoms with Gasteiger partial charge in [-0.2, -0.15) is 0 Å². The topological polar surface area (TPSA) is 80.0 Å². The van der Waals surface area contributed by atoms with Gasteiger partial charge in [-0.3, -0.25) is 4.99 Å². The predicted molar refractivity (Wildman–Crippen MR) is 80.7 cm³/mol. The van der Waals surface area contributed by atoms with E-state index in [0.29, 0.717) is 25.0 Å². The maximum atomic E-state index is 11.9. The lowest BCUT2D eigenvalue weighted by molar-refractivity contribution is 0.0289. The molecule has 0 aromatic heterocycles. The molecule has 1 aliphatic heterocycles. The second-order valence-electron chi connectivity index (χ2n) is 6.23. The maximum absolute atomic E-state index is 11.9. The molecule has 0 aromatic rings. The lowest BCUT2D eigenvalue weighted by Gasteiger charge is -2.24. The molecule has 20 heavy (non-hydrogen) atoms. The number of rotatable bonds is 4. The molecular weight excluding hydrogens is 256 g/mol. The average molecular weight is 284 g/mol. The van der Waals surface area contributed by atoms with Crippen LogP contribution in [0.25, 0.3) is 0 Å². The molecule has 0 radical (unpaired) electrons. The van der Waals surface area contributed by atoms with Crippen molar-refractivity contribution in [2.75, 3.05) is 26.2 Å². The Balaban J connectivity index is 2.34. The summed E-state index contributed by atoms with van der Waals surface area (Å²) in [5.41, 5.74) is 5.31. The Hall–Kier alpha value is -1.46. The monoisotopic (exact) mass is 284 g/mol. The number of carbonyl (C=O) groups excluding carboxylic acids is 1. The zero-order valence-corrected chi connectivity index (χ0v) is 13.1. The van der Waals surface area contributed by atoms with Crippen LogP contribution in [-0.4, -0.2) is 48.7 Å². The van der Waals surface area contributed by atoms with E-state index in [0.717, 1.165) is 25.9 Å². The molecule has 0 saturated carbocycles. The van der Waals surface area contributed by atoms with Crippen molar-refractivity contribution in [3.05, 3.63) is 0 Å². The molecule has 6 nitrogen and oxygen atoms in total. The van der Waals surface area contributed by atoms with E-state index in [-0.39, 0.29) is 6.09 Å². The van der Waals surface area contributed by atoms with Crippen molar-refractivity contribution in [1.29, 1.82) is 0 Å². The number of hydrogen-bond donors (Lipinski definition) is 2. The number of ether oxygens (including phenoxy) is 1. The molecule has 1 unspecified atom stereocenters. The molecule has 1 amide bonds. The Labute approximate surface area is 121 Å². The Bertz CT molecular complexity index is 350. The smallest absolute Gasteiger partial charge is 0.410 e. The fourth-order valence-electron chi connectivity index (χ4n) is 2.01. The van der Waals surface area contributed by atoms with Crippen molar-refractivity contribution in [3.8, 4) is 0 Å². The van der Waals surface area contributed by atoms with Crippen LogP contribution in [0.4, 0.5) is 4.79 Å². The van der Waals surface area contributed by atoms with Crippen LogP contribution in [-0.2, 0) is 4.74 Å². The van der Waals surface area contributed by atoms with Crippen molar-refractivity contribution in [3.63, 3.8) is 0 Å². The average Bonchev–Trinajstić information content (AvgIpc) is 2.80. The van der Waals surface area contributed by atoms with Gasteiger partial charge in [-0.05, 0) is 39.5 Å². The molecule has 1 fully saturated rings. The van der Waals surface area contributed by atoms with Crippen LogP contribution >= 0.6 is 0 Å². The second-order valence-corrected chi connectivity index (χ2v) is 6.23. The Morgan fingerprint density at radius 3 is 2.80 bits per heavy atom. The van der Waals surface area contributed by atoms with Gasteiger partial charge in [-0.25, -0.2) is 4.79 Å². The molecule has 1 aliphatic rings. The van der Waals surface area contributed by atoms with E-state index in [9.17, 15) is 4.79 Å². The zero-order chi connectivity index (χ0) is 15.2. The van der Waals surface area contributed by atoms with E-state index in [4.69, 9.17) is 10.5 Å². The van der Waals surface area contributed by atoms with Gasteiger partial charge < -0.3 is 20.7 Å². The van der Waals surface area contributed by atoms with Crippen LogP contribution in [0.15, 0.2) is 4.99 Å². The highest BCUT2D eigenvalue weighted by Gasteiger charge is 2.29. The summed E-state index contributed by atoms with van der Waals surface area (Å²) >= 11 is 0. The molecule has 1 heterocycles. The van der Waals surface area contributed by atoms with Gasteiger partial charge in [0.1, 0.15) is 5.60 Å². The molecule has 0 spiro atoms. The van der Waals surface area contributed by atoms with Gasteiger partial charge in [0.2, 0.25) is 0 Å². The summed E-state index contributed by atoms with van der Waals surface area (Å²) in [4.78, 5) is 18.0. The van der Waals surface area contributed by atoms with E-state index in [2.05, 4.69) is 17.2 Å². The van der Waals surface area contributed by atoms with Gasteiger partial charge in [-0.15, -0.1) is 0 Å². The van der Waals surface area contributed by atoms with Crippen molar-refractivity contribution in [2.24, 2.45) is 16.6 Å². The molecular formula is C14H28N4O2. The number of guanidine groups is 1. The molecule has 0 aliphatic carbocycles. The molecule has 0 bridgehead atoms. The number of likely N-dealkylation sites (tertiary alicyclic amines) is 1. The van der Waals surface area contributed by atoms with Gasteiger partial charge in [0.05, 0.1) is 0 Å². The Morgan fingerprint density at radius 2 is 2.20 bits per heavy atom. The van der Waals surface area contributed by atoms with Gasteiger partial charge in [0.15, 0.2) is 5.96 Å². The molecule has 1 atom stereocenters. The quantitative estimate of drug-likeness (QED) is 0.606. The number of nitrogens with two attached hydrogens (primary N) is 1. The summed E-state index contributed by atoms with van der Waals surface area (Å²) in [5.74, 6) is 0.854. The largest absolute Gasteiger partial charge is 0.444 e. The summed E-state index contributed by atoms with van der Waals surface area (Å²) in [6.07, 6.45) is 1.73. The summed E-state index contributed by atoms with van der Waals surface area (Å²) in [5, 5.41) is 3.04. The van der Waals surface area contributed by atoms with Crippen LogP contribution in [0.1, 0.15) is 40.5 Å². The van der Waals surface area contributed by atoms with Crippen molar-refractivity contribution < 1.29 is 9.53 Å². The Morgan fingerprint density at radius 1 is 1.50 bits per heavy atom. The number of hydrogen-bond acceptors (Lipinski definition) is 3. The zero-order valence-electron chi connectivity index (χ0n) is 13.1. The minimum Gasteiger partial charge on any atom is -0.444 e. The first-order valence-electron chi connectivity index (χ1n) is 7.33.